The number of pyridine rings is 1. The molecule has 98 valence electrons. The van der Waals surface area contributed by atoms with Crippen LogP contribution in [0.25, 0.3) is 16.9 Å². The summed E-state index contributed by atoms with van der Waals surface area (Å²) in [7, 11) is 0. The number of aromatic nitrogens is 3. The van der Waals surface area contributed by atoms with Crippen LogP contribution in [0.15, 0.2) is 36.5 Å². The van der Waals surface area contributed by atoms with Crippen LogP contribution in [0.4, 0.5) is 0 Å². The zero-order chi connectivity index (χ0) is 14.1. The Labute approximate surface area is 125 Å². The van der Waals surface area contributed by atoms with E-state index >= 15 is 0 Å². The largest absolute Gasteiger partial charge is 0.278 e. The van der Waals surface area contributed by atoms with Crippen LogP contribution >= 0.6 is 23.2 Å². The van der Waals surface area contributed by atoms with Crippen molar-refractivity contribution in [3.63, 3.8) is 0 Å². The molecule has 0 unspecified atom stereocenters. The van der Waals surface area contributed by atoms with E-state index in [1.807, 2.05) is 24.3 Å². The first-order valence-corrected chi connectivity index (χ1v) is 6.61. The average molecular weight is 303 g/mol. The van der Waals surface area contributed by atoms with E-state index in [1.54, 1.807) is 10.6 Å². The van der Waals surface area contributed by atoms with Crippen molar-refractivity contribution in [2.75, 3.05) is 0 Å². The molecule has 2 aromatic heterocycles. The summed E-state index contributed by atoms with van der Waals surface area (Å²) in [5, 5.41) is 9.83. The second-order valence-corrected chi connectivity index (χ2v) is 4.99. The molecule has 0 atom stereocenters. The van der Waals surface area contributed by atoms with Crippen molar-refractivity contribution in [2.45, 2.75) is 6.42 Å². The van der Waals surface area contributed by atoms with Crippen molar-refractivity contribution in [3.05, 3.63) is 52.4 Å². The highest BCUT2D eigenvalue weighted by molar-refractivity contribution is 6.35. The normalized spacial score (nSPS) is 10.7. The van der Waals surface area contributed by atoms with Gasteiger partial charge >= 0.3 is 0 Å². The lowest BCUT2D eigenvalue weighted by molar-refractivity contribution is 0.922. The van der Waals surface area contributed by atoms with E-state index in [9.17, 15) is 0 Å². The molecule has 0 aliphatic heterocycles. The fraction of sp³-hybridized carbons (Fsp3) is 0.0714. The minimum Gasteiger partial charge on any atom is -0.278 e. The molecule has 3 aromatic rings. The van der Waals surface area contributed by atoms with Crippen LogP contribution in [-0.4, -0.2) is 14.5 Å². The first-order valence-electron chi connectivity index (χ1n) is 5.85. The molecule has 0 bridgehead atoms. The van der Waals surface area contributed by atoms with E-state index in [4.69, 9.17) is 28.5 Å². The fourth-order valence-corrected chi connectivity index (χ4v) is 2.54. The van der Waals surface area contributed by atoms with Gasteiger partial charge in [-0.05, 0) is 18.2 Å². The smallest absolute Gasteiger partial charge is 0.157 e. The maximum absolute atomic E-state index is 8.95. The molecule has 2 heterocycles. The summed E-state index contributed by atoms with van der Waals surface area (Å²) in [4.78, 5) is 8.71. The quantitative estimate of drug-likeness (QED) is 0.723. The SMILES string of the molecule is N#CCc1nc2ccccc2n1-c1ncc(Cl)cc1Cl. The van der Waals surface area contributed by atoms with Gasteiger partial charge in [0.1, 0.15) is 5.82 Å². The average Bonchev–Trinajstić information content (AvgIpc) is 2.78. The number of halogens is 2. The number of nitriles is 1. The van der Waals surface area contributed by atoms with Crippen LogP contribution in [0.1, 0.15) is 5.82 Å². The zero-order valence-electron chi connectivity index (χ0n) is 10.2. The molecule has 0 aliphatic carbocycles. The van der Waals surface area contributed by atoms with Crippen molar-refractivity contribution >= 4 is 34.2 Å². The molecule has 0 amide bonds. The lowest BCUT2D eigenvalue weighted by Crippen LogP contribution is -2.03. The van der Waals surface area contributed by atoms with Gasteiger partial charge in [0.05, 0.1) is 33.6 Å². The monoisotopic (exact) mass is 302 g/mol. The lowest BCUT2D eigenvalue weighted by Gasteiger charge is -2.08. The number of hydrogen-bond acceptors (Lipinski definition) is 3. The first kappa shape index (κ1) is 12.9. The van der Waals surface area contributed by atoms with E-state index in [0.717, 1.165) is 11.0 Å². The Morgan fingerprint density at radius 3 is 2.80 bits per heavy atom. The predicted octanol–water partition coefficient (Wildman–Crippen LogP) is 3.79. The minimum absolute atomic E-state index is 0.176. The van der Waals surface area contributed by atoms with Crippen molar-refractivity contribution < 1.29 is 0 Å². The number of rotatable bonds is 2. The van der Waals surface area contributed by atoms with Crippen LogP contribution in [-0.2, 0) is 6.42 Å². The molecular weight excluding hydrogens is 295 g/mol. The molecule has 3 rings (SSSR count). The highest BCUT2D eigenvalue weighted by Crippen LogP contribution is 2.27. The fourth-order valence-electron chi connectivity index (χ4n) is 2.07. The van der Waals surface area contributed by atoms with Gasteiger partial charge in [-0.15, -0.1) is 0 Å². The van der Waals surface area contributed by atoms with Gasteiger partial charge in [-0.25, -0.2) is 9.97 Å². The number of fused-ring (bicyclic) bond motifs is 1. The van der Waals surface area contributed by atoms with Crippen LogP contribution in [0, 0.1) is 11.3 Å². The molecule has 0 radical (unpaired) electrons. The highest BCUT2D eigenvalue weighted by atomic mass is 35.5. The molecule has 0 saturated carbocycles. The van der Waals surface area contributed by atoms with Gasteiger partial charge in [-0.3, -0.25) is 4.57 Å². The van der Waals surface area contributed by atoms with Gasteiger partial charge < -0.3 is 0 Å². The maximum atomic E-state index is 8.95. The summed E-state index contributed by atoms with van der Waals surface area (Å²) in [6.07, 6.45) is 1.70. The molecule has 6 heteroatoms. The van der Waals surface area contributed by atoms with Crippen LogP contribution in [0.2, 0.25) is 10.0 Å². The second kappa shape index (κ2) is 5.12. The van der Waals surface area contributed by atoms with Crippen molar-refractivity contribution in [2.24, 2.45) is 0 Å². The van der Waals surface area contributed by atoms with Crippen molar-refractivity contribution in [3.8, 4) is 11.9 Å². The summed E-state index contributed by atoms with van der Waals surface area (Å²) >= 11 is 12.1. The third kappa shape index (κ3) is 2.11. The zero-order valence-corrected chi connectivity index (χ0v) is 11.7. The number of nitrogens with zero attached hydrogens (tertiary/aromatic N) is 4. The third-order valence-corrected chi connectivity index (χ3v) is 3.35. The Morgan fingerprint density at radius 2 is 2.05 bits per heavy atom. The van der Waals surface area contributed by atoms with E-state index in [-0.39, 0.29) is 6.42 Å². The number of imidazole rings is 1. The summed E-state index contributed by atoms with van der Waals surface area (Å²) < 4.78 is 1.79. The second-order valence-electron chi connectivity index (χ2n) is 4.15. The van der Waals surface area contributed by atoms with Crippen LogP contribution in [0.3, 0.4) is 0 Å². The Hall–Kier alpha value is -2.09. The summed E-state index contributed by atoms with van der Waals surface area (Å²) in [5.74, 6) is 1.13. The topological polar surface area (TPSA) is 54.5 Å². The van der Waals surface area contributed by atoms with Gasteiger partial charge in [0.2, 0.25) is 0 Å². The van der Waals surface area contributed by atoms with Crippen molar-refractivity contribution in [1.82, 2.24) is 14.5 Å². The molecule has 4 nitrogen and oxygen atoms in total. The molecule has 0 N–H and O–H groups in total. The Balaban J connectivity index is 2.33. The number of benzene rings is 1. The molecule has 20 heavy (non-hydrogen) atoms. The molecule has 1 aromatic carbocycles. The lowest BCUT2D eigenvalue weighted by atomic mass is 10.3. The summed E-state index contributed by atoms with van der Waals surface area (Å²) in [6.45, 7) is 0. The Morgan fingerprint density at radius 1 is 1.25 bits per heavy atom. The Bertz CT molecular complexity index is 833. The summed E-state index contributed by atoms with van der Waals surface area (Å²) in [6, 6.07) is 11.3. The van der Waals surface area contributed by atoms with Gasteiger partial charge in [0.25, 0.3) is 0 Å². The molecular formula is C14H8Cl2N4. The summed E-state index contributed by atoms with van der Waals surface area (Å²) in [5.41, 5.74) is 1.65. The van der Waals surface area contributed by atoms with Gasteiger partial charge in [-0.2, -0.15) is 5.26 Å². The van der Waals surface area contributed by atoms with Crippen LogP contribution in [0.5, 0.6) is 0 Å². The molecule has 0 spiro atoms. The Kier molecular flexibility index (Phi) is 3.31. The predicted molar refractivity (Wildman–Crippen MR) is 78.2 cm³/mol. The molecule has 0 fully saturated rings. The third-order valence-electron chi connectivity index (χ3n) is 2.87. The van der Waals surface area contributed by atoms with Gasteiger partial charge in [-0.1, -0.05) is 35.3 Å². The van der Waals surface area contributed by atoms with E-state index in [2.05, 4.69) is 16.0 Å². The number of hydrogen-bond donors (Lipinski definition) is 0. The van der Waals surface area contributed by atoms with Gasteiger partial charge in [0, 0.05) is 6.20 Å². The molecule has 0 aliphatic rings. The van der Waals surface area contributed by atoms with E-state index in [1.165, 1.54) is 6.20 Å². The van der Waals surface area contributed by atoms with Crippen molar-refractivity contribution in [1.29, 1.82) is 5.26 Å². The van der Waals surface area contributed by atoms with Crippen LogP contribution < -0.4 is 0 Å². The van der Waals surface area contributed by atoms with E-state index in [0.29, 0.717) is 21.7 Å². The minimum atomic E-state index is 0.176. The van der Waals surface area contributed by atoms with Gasteiger partial charge in [0.15, 0.2) is 5.82 Å². The molecule has 0 saturated heterocycles. The van der Waals surface area contributed by atoms with E-state index < -0.39 is 0 Å². The maximum Gasteiger partial charge on any atom is 0.157 e. The standard InChI is InChI=1S/C14H8Cl2N4/c15-9-7-10(16)14(18-8-9)20-12-4-2-1-3-11(12)19-13(20)5-6-17/h1-4,7-8H,5H2. The number of para-hydroxylation sites is 2. The first-order chi connectivity index (χ1) is 9.70. The highest BCUT2D eigenvalue weighted by Gasteiger charge is 2.15.